The van der Waals surface area contributed by atoms with Crippen LogP contribution in [0.2, 0.25) is 0 Å². The molecule has 0 spiro atoms. The number of carbonyl (C=O) groups excluding carboxylic acids is 2. The molecule has 1 rings (SSSR count). The first-order valence-corrected chi connectivity index (χ1v) is 5.83. The molecule has 2 N–H and O–H groups in total. The van der Waals surface area contributed by atoms with Crippen molar-refractivity contribution >= 4 is 23.5 Å². The van der Waals surface area contributed by atoms with Gasteiger partial charge in [0, 0.05) is 12.6 Å². The number of nitrogens with one attached hydrogen (secondary N) is 2. The summed E-state index contributed by atoms with van der Waals surface area (Å²) in [6.45, 7) is 4.14. The van der Waals surface area contributed by atoms with Crippen LogP contribution in [0.3, 0.4) is 0 Å². The van der Waals surface area contributed by atoms with Crippen LogP contribution < -0.4 is 10.6 Å². The first-order valence-electron chi connectivity index (χ1n) is 5.40. The third-order valence-corrected chi connectivity index (χ3v) is 2.63. The minimum atomic E-state index is -0.705. The van der Waals surface area contributed by atoms with Gasteiger partial charge in [0.1, 0.15) is 5.38 Å². The Kier molecular flexibility index (Phi) is 5.02. The highest BCUT2D eigenvalue weighted by Crippen LogP contribution is 2.22. The summed E-state index contributed by atoms with van der Waals surface area (Å²) in [5.74, 6) is -0.486. The molecule has 0 aromatic heterocycles. The summed E-state index contributed by atoms with van der Waals surface area (Å²) in [5.41, 5.74) is 0. The number of ether oxygens (including phenoxy) is 1. The van der Waals surface area contributed by atoms with Gasteiger partial charge in [0.15, 0.2) is 0 Å². The van der Waals surface area contributed by atoms with Gasteiger partial charge in [-0.1, -0.05) is 0 Å². The Morgan fingerprint density at radius 3 is 2.62 bits per heavy atom. The number of alkyl halides is 1. The van der Waals surface area contributed by atoms with Crippen molar-refractivity contribution < 1.29 is 14.3 Å². The van der Waals surface area contributed by atoms with E-state index >= 15 is 0 Å². The molecule has 0 aliphatic heterocycles. The smallest absolute Gasteiger partial charge is 0.321 e. The monoisotopic (exact) mass is 248 g/mol. The zero-order valence-electron chi connectivity index (χ0n) is 9.46. The number of halogens is 1. The summed E-state index contributed by atoms with van der Waals surface area (Å²) in [7, 11) is 0. The number of urea groups is 1. The van der Waals surface area contributed by atoms with Crippen LogP contribution in [0.15, 0.2) is 0 Å². The first-order chi connectivity index (χ1) is 7.52. The van der Waals surface area contributed by atoms with E-state index < -0.39 is 17.3 Å². The van der Waals surface area contributed by atoms with Crippen LogP contribution in [0.25, 0.3) is 0 Å². The van der Waals surface area contributed by atoms with E-state index in [0.717, 1.165) is 12.8 Å². The molecule has 1 aliphatic carbocycles. The van der Waals surface area contributed by atoms with E-state index in [4.69, 9.17) is 16.3 Å². The molecule has 5 nitrogen and oxygen atoms in total. The average molecular weight is 249 g/mol. The number of hydrogen-bond donors (Lipinski definition) is 2. The van der Waals surface area contributed by atoms with Crippen LogP contribution in [0.4, 0.5) is 4.79 Å². The first kappa shape index (κ1) is 13.3. The molecular formula is C10H17ClN2O3. The van der Waals surface area contributed by atoms with Gasteiger partial charge in [-0.25, -0.2) is 4.79 Å². The molecule has 0 heterocycles. The summed E-state index contributed by atoms with van der Waals surface area (Å²) in [5, 5.41) is 4.14. The van der Waals surface area contributed by atoms with E-state index in [9.17, 15) is 9.59 Å². The van der Waals surface area contributed by atoms with Gasteiger partial charge in [-0.3, -0.25) is 10.1 Å². The highest BCUT2D eigenvalue weighted by Gasteiger charge is 2.31. The molecule has 1 saturated carbocycles. The van der Waals surface area contributed by atoms with Crippen molar-refractivity contribution in [2.75, 3.05) is 6.61 Å². The molecule has 1 aliphatic rings. The Balaban J connectivity index is 2.15. The molecule has 6 heteroatoms. The van der Waals surface area contributed by atoms with Crippen molar-refractivity contribution in [3.8, 4) is 0 Å². The number of amides is 3. The zero-order chi connectivity index (χ0) is 12.1. The largest absolute Gasteiger partial charge is 0.378 e. The van der Waals surface area contributed by atoms with E-state index in [1.165, 1.54) is 6.92 Å². The molecule has 92 valence electrons. The van der Waals surface area contributed by atoms with E-state index in [-0.39, 0.29) is 12.1 Å². The van der Waals surface area contributed by atoms with E-state index in [2.05, 4.69) is 10.6 Å². The van der Waals surface area contributed by atoms with Gasteiger partial charge in [0.2, 0.25) is 5.91 Å². The molecule has 0 aromatic rings. The van der Waals surface area contributed by atoms with Crippen LogP contribution in [0.5, 0.6) is 0 Å². The van der Waals surface area contributed by atoms with Crippen LogP contribution in [0, 0.1) is 0 Å². The predicted octanol–water partition coefficient (Wildman–Crippen LogP) is 1.01. The number of hydrogen-bond acceptors (Lipinski definition) is 3. The van der Waals surface area contributed by atoms with Crippen molar-refractivity contribution in [3.63, 3.8) is 0 Å². The van der Waals surface area contributed by atoms with Gasteiger partial charge in [-0.2, -0.15) is 0 Å². The Bertz CT molecular complexity index is 265. The average Bonchev–Trinajstić information content (AvgIpc) is 2.14. The SMILES string of the molecule is CCOC1CC(NC(=O)NC(=O)C(C)Cl)C1. The molecule has 0 saturated heterocycles. The lowest BCUT2D eigenvalue weighted by molar-refractivity contribution is -0.119. The zero-order valence-corrected chi connectivity index (χ0v) is 10.2. The fraction of sp³-hybridized carbons (Fsp3) is 0.800. The molecule has 0 bridgehead atoms. The normalized spacial score (nSPS) is 25.4. The van der Waals surface area contributed by atoms with Gasteiger partial charge in [0.05, 0.1) is 6.10 Å². The van der Waals surface area contributed by atoms with Gasteiger partial charge >= 0.3 is 6.03 Å². The van der Waals surface area contributed by atoms with Crippen LogP contribution >= 0.6 is 11.6 Å². The van der Waals surface area contributed by atoms with E-state index in [0.29, 0.717) is 6.61 Å². The molecule has 16 heavy (non-hydrogen) atoms. The fourth-order valence-electron chi connectivity index (χ4n) is 1.49. The minimum absolute atomic E-state index is 0.0926. The summed E-state index contributed by atoms with van der Waals surface area (Å²) in [6.07, 6.45) is 1.83. The number of carbonyl (C=O) groups is 2. The van der Waals surface area contributed by atoms with E-state index in [1.807, 2.05) is 6.92 Å². The summed E-state index contributed by atoms with van der Waals surface area (Å²) < 4.78 is 5.35. The third kappa shape index (κ3) is 3.98. The second-order valence-electron chi connectivity index (χ2n) is 3.82. The highest BCUT2D eigenvalue weighted by atomic mass is 35.5. The number of imide groups is 1. The summed E-state index contributed by atoms with van der Waals surface area (Å²) >= 11 is 5.51. The maximum atomic E-state index is 11.3. The van der Waals surface area contributed by atoms with Crippen molar-refractivity contribution in [1.29, 1.82) is 0 Å². The molecule has 1 atom stereocenters. The molecule has 3 amide bonds. The lowest BCUT2D eigenvalue weighted by Gasteiger charge is -2.35. The van der Waals surface area contributed by atoms with Crippen LogP contribution in [-0.2, 0) is 9.53 Å². The van der Waals surface area contributed by atoms with Gasteiger partial charge in [-0.05, 0) is 26.7 Å². The lowest BCUT2D eigenvalue weighted by Crippen LogP contribution is -2.52. The van der Waals surface area contributed by atoms with E-state index in [1.54, 1.807) is 0 Å². The van der Waals surface area contributed by atoms with Crippen molar-refractivity contribution in [2.45, 2.75) is 44.2 Å². The standard InChI is InChI=1S/C10H17ClN2O3/c1-3-16-8-4-7(5-8)12-10(15)13-9(14)6(2)11/h6-8H,3-5H2,1-2H3,(H2,12,13,14,15). The van der Waals surface area contributed by atoms with Crippen LogP contribution in [-0.4, -0.2) is 36.1 Å². The quantitative estimate of drug-likeness (QED) is 0.730. The molecule has 0 aromatic carbocycles. The third-order valence-electron chi connectivity index (χ3n) is 2.43. The highest BCUT2D eigenvalue weighted by molar-refractivity contribution is 6.31. The Hall–Kier alpha value is -0.810. The minimum Gasteiger partial charge on any atom is -0.378 e. The Morgan fingerprint density at radius 2 is 2.12 bits per heavy atom. The van der Waals surface area contributed by atoms with Gasteiger partial charge in [-0.15, -0.1) is 11.6 Å². The van der Waals surface area contributed by atoms with Crippen molar-refractivity contribution in [2.24, 2.45) is 0 Å². The fourth-order valence-corrected chi connectivity index (χ4v) is 1.54. The summed E-state index contributed by atoms with van der Waals surface area (Å²) in [4.78, 5) is 22.4. The maximum absolute atomic E-state index is 11.3. The predicted molar refractivity (Wildman–Crippen MR) is 60.4 cm³/mol. The second kappa shape index (κ2) is 6.06. The Labute approximate surface area is 99.9 Å². The maximum Gasteiger partial charge on any atom is 0.321 e. The molecule has 0 radical (unpaired) electrons. The lowest BCUT2D eigenvalue weighted by atomic mass is 9.89. The Morgan fingerprint density at radius 1 is 1.50 bits per heavy atom. The molecular weight excluding hydrogens is 232 g/mol. The molecule has 1 unspecified atom stereocenters. The topological polar surface area (TPSA) is 67.4 Å². The van der Waals surface area contributed by atoms with Gasteiger partial charge in [0.25, 0.3) is 0 Å². The second-order valence-corrected chi connectivity index (χ2v) is 4.48. The van der Waals surface area contributed by atoms with Crippen molar-refractivity contribution in [1.82, 2.24) is 10.6 Å². The van der Waals surface area contributed by atoms with Crippen LogP contribution in [0.1, 0.15) is 26.7 Å². The van der Waals surface area contributed by atoms with Gasteiger partial charge < -0.3 is 10.1 Å². The van der Waals surface area contributed by atoms with Crippen molar-refractivity contribution in [3.05, 3.63) is 0 Å². The summed E-state index contributed by atoms with van der Waals surface area (Å²) in [6, 6.07) is -0.396. The molecule has 1 fully saturated rings. The number of rotatable bonds is 4.